The van der Waals surface area contributed by atoms with Crippen molar-refractivity contribution in [3.05, 3.63) is 28.1 Å². The number of halogens is 1. The molecule has 2 aromatic rings. The maximum atomic E-state index is 11.1. The predicted molar refractivity (Wildman–Crippen MR) is 57.0 cm³/mol. The van der Waals surface area contributed by atoms with Crippen LogP contribution in [-0.4, -0.2) is 25.7 Å². The summed E-state index contributed by atoms with van der Waals surface area (Å²) < 4.78 is 2.08. The van der Waals surface area contributed by atoms with E-state index in [0.29, 0.717) is 22.4 Å². The third kappa shape index (κ3) is 1.61. The quantitative estimate of drug-likeness (QED) is 0.844. The van der Waals surface area contributed by atoms with Gasteiger partial charge in [0.1, 0.15) is 10.2 Å². The van der Waals surface area contributed by atoms with Crippen LogP contribution >= 0.6 is 15.9 Å². The fourth-order valence-corrected chi connectivity index (χ4v) is 1.71. The van der Waals surface area contributed by atoms with E-state index in [0.717, 1.165) is 0 Å². The molecule has 15 heavy (non-hydrogen) atoms. The van der Waals surface area contributed by atoms with Gasteiger partial charge in [0.05, 0.1) is 5.69 Å². The van der Waals surface area contributed by atoms with E-state index in [2.05, 4.69) is 26.0 Å². The number of aryl methyl sites for hydroxylation is 1. The standard InChI is InChI=1S/C9H8BrN3O2/c1-2-5-7(9(14)15)8-11-6(10)3-4-13(8)12-5/h3-4H,2H2,1H3,(H,14,15). The summed E-state index contributed by atoms with van der Waals surface area (Å²) in [5.74, 6) is -0.993. The van der Waals surface area contributed by atoms with E-state index < -0.39 is 5.97 Å². The first-order valence-corrected chi connectivity index (χ1v) is 5.20. The van der Waals surface area contributed by atoms with Crippen molar-refractivity contribution >= 4 is 27.5 Å². The molecule has 78 valence electrons. The molecule has 0 aliphatic heterocycles. The second-order valence-corrected chi connectivity index (χ2v) is 3.81. The van der Waals surface area contributed by atoms with E-state index in [1.54, 1.807) is 12.3 Å². The molecule has 2 heterocycles. The third-order valence-electron chi connectivity index (χ3n) is 2.07. The van der Waals surface area contributed by atoms with Gasteiger partial charge in [-0.15, -0.1) is 0 Å². The van der Waals surface area contributed by atoms with Gasteiger partial charge in [0.15, 0.2) is 5.65 Å². The average molecular weight is 270 g/mol. The van der Waals surface area contributed by atoms with Crippen molar-refractivity contribution in [2.24, 2.45) is 0 Å². The minimum absolute atomic E-state index is 0.179. The number of fused-ring (bicyclic) bond motifs is 1. The second-order valence-electron chi connectivity index (χ2n) is 3.00. The number of carboxylic acids is 1. The summed E-state index contributed by atoms with van der Waals surface area (Å²) in [5, 5.41) is 13.2. The number of carbonyl (C=O) groups is 1. The van der Waals surface area contributed by atoms with Gasteiger partial charge < -0.3 is 5.11 Å². The molecule has 0 aliphatic rings. The molecule has 0 spiro atoms. The molecule has 5 nitrogen and oxygen atoms in total. The molecule has 1 N–H and O–H groups in total. The van der Waals surface area contributed by atoms with Crippen LogP contribution in [0.3, 0.4) is 0 Å². The Labute approximate surface area is 93.9 Å². The van der Waals surface area contributed by atoms with Crippen LogP contribution in [0.4, 0.5) is 0 Å². The minimum Gasteiger partial charge on any atom is -0.477 e. The monoisotopic (exact) mass is 269 g/mol. The molecule has 0 bridgehead atoms. The predicted octanol–water partition coefficient (Wildman–Crippen LogP) is 1.75. The molecular formula is C9H8BrN3O2. The van der Waals surface area contributed by atoms with Crippen molar-refractivity contribution in [1.29, 1.82) is 0 Å². The smallest absolute Gasteiger partial charge is 0.341 e. The Balaban J connectivity index is 2.82. The number of rotatable bonds is 2. The third-order valence-corrected chi connectivity index (χ3v) is 2.51. The summed E-state index contributed by atoms with van der Waals surface area (Å²) in [6.45, 7) is 1.86. The SMILES string of the molecule is CCc1nn2ccc(Br)nc2c1C(=O)O. The largest absolute Gasteiger partial charge is 0.477 e. The van der Waals surface area contributed by atoms with E-state index >= 15 is 0 Å². The highest BCUT2D eigenvalue weighted by atomic mass is 79.9. The van der Waals surface area contributed by atoms with Crippen LogP contribution in [0.2, 0.25) is 0 Å². The Morgan fingerprint density at radius 3 is 3.00 bits per heavy atom. The molecule has 0 aromatic carbocycles. The molecule has 0 saturated carbocycles. The van der Waals surface area contributed by atoms with Crippen molar-refractivity contribution in [3.63, 3.8) is 0 Å². The molecule has 2 rings (SSSR count). The highest BCUT2D eigenvalue weighted by Gasteiger charge is 2.18. The summed E-state index contributed by atoms with van der Waals surface area (Å²) in [7, 11) is 0. The number of aromatic nitrogens is 3. The maximum absolute atomic E-state index is 11.1. The van der Waals surface area contributed by atoms with Crippen molar-refractivity contribution in [2.75, 3.05) is 0 Å². The molecule has 6 heteroatoms. The molecule has 0 aliphatic carbocycles. The highest BCUT2D eigenvalue weighted by molar-refractivity contribution is 9.10. The van der Waals surface area contributed by atoms with Gasteiger partial charge in [0.2, 0.25) is 0 Å². The summed E-state index contributed by atoms with van der Waals surface area (Å²) in [6, 6.07) is 1.71. The van der Waals surface area contributed by atoms with E-state index in [9.17, 15) is 4.79 Å². The van der Waals surface area contributed by atoms with E-state index in [1.807, 2.05) is 6.92 Å². The lowest BCUT2D eigenvalue weighted by Crippen LogP contribution is -2.00. The normalized spacial score (nSPS) is 10.8. The van der Waals surface area contributed by atoms with Gasteiger partial charge in [0, 0.05) is 6.20 Å². The molecular weight excluding hydrogens is 262 g/mol. The van der Waals surface area contributed by atoms with Gasteiger partial charge in [-0.05, 0) is 28.4 Å². The lowest BCUT2D eigenvalue weighted by Gasteiger charge is -1.94. The summed E-state index contributed by atoms with van der Waals surface area (Å²) >= 11 is 3.20. The Kier molecular flexibility index (Phi) is 2.44. The molecule has 0 fully saturated rings. The van der Waals surface area contributed by atoms with Gasteiger partial charge in [-0.1, -0.05) is 6.92 Å². The van der Waals surface area contributed by atoms with Gasteiger partial charge in [-0.3, -0.25) is 0 Å². The topological polar surface area (TPSA) is 67.5 Å². The van der Waals surface area contributed by atoms with Crippen molar-refractivity contribution in [1.82, 2.24) is 14.6 Å². The molecule has 0 atom stereocenters. The Hall–Kier alpha value is -1.43. The van der Waals surface area contributed by atoms with E-state index in [4.69, 9.17) is 5.11 Å². The van der Waals surface area contributed by atoms with E-state index in [-0.39, 0.29) is 5.56 Å². The zero-order valence-electron chi connectivity index (χ0n) is 7.94. The first-order valence-electron chi connectivity index (χ1n) is 4.40. The Morgan fingerprint density at radius 1 is 1.67 bits per heavy atom. The first-order chi connectivity index (χ1) is 7.13. The number of hydrogen-bond donors (Lipinski definition) is 1. The molecule has 0 amide bonds. The minimum atomic E-state index is -0.993. The Bertz CT molecular complexity index is 535. The summed E-state index contributed by atoms with van der Waals surface area (Å²) in [5.41, 5.74) is 1.10. The number of nitrogens with zero attached hydrogens (tertiary/aromatic N) is 3. The zero-order valence-corrected chi connectivity index (χ0v) is 9.52. The van der Waals surface area contributed by atoms with Gasteiger partial charge in [-0.2, -0.15) is 5.10 Å². The molecule has 0 radical (unpaired) electrons. The molecule has 2 aromatic heterocycles. The van der Waals surface area contributed by atoms with Gasteiger partial charge in [0.25, 0.3) is 0 Å². The van der Waals surface area contributed by atoms with E-state index in [1.165, 1.54) is 4.52 Å². The van der Waals surface area contributed by atoms with Crippen molar-refractivity contribution in [3.8, 4) is 0 Å². The lowest BCUT2D eigenvalue weighted by atomic mass is 10.2. The van der Waals surface area contributed by atoms with Crippen LogP contribution in [0.1, 0.15) is 23.0 Å². The van der Waals surface area contributed by atoms with Crippen LogP contribution in [0.15, 0.2) is 16.9 Å². The van der Waals surface area contributed by atoms with Crippen LogP contribution in [-0.2, 0) is 6.42 Å². The molecule has 0 saturated heterocycles. The molecule has 0 unspecified atom stereocenters. The maximum Gasteiger partial charge on any atom is 0.341 e. The Morgan fingerprint density at radius 2 is 2.40 bits per heavy atom. The fourth-order valence-electron chi connectivity index (χ4n) is 1.42. The van der Waals surface area contributed by atoms with Gasteiger partial charge in [-0.25, -0.2) is 14.3 Å². The highest BCUT2D eigenvalue weighted by Crippen LogP contribution is 2.16. The second kappa shape index (κ2) is 3.62. The average Bonchev–Trinajstić information content (AvgIpc) is 2.55. The fraction of sp³-hybridized carbons (Fsp3) is 0.222. The first kappa shape index (κ1) is 10.1. The zero-order chi connectivity index (χ0) is 11.0. The number of carboxylic acid groups (broad SMARTS) is 1. The summed E-state index contributed by atoms with van der Waals surface area (Å²) in [4.78, 5) is 15.2. The van der Waals surface area contributed by atoms with Crippen molar-refractivity contribution in [2.45, 2.75) is 13.3 Å². The summed E-state index contributed by atoms with van der Waals surface area (Å²) in [6.07, 6.45) is 2.25. The van der Waals surface area contributed by atoms with Crippen LogP contribution < -0.4 is 0 Å². The van der Waals surface area contributed by atoms with Crippen LogP contribution in [0.25, 0.3) is 5.65 Å². The van der Waals surface area contributed by atoms with Crippen LogP contribution in [0.5, 0.6) is 0 Å². The van der Waals surface area contributed by atoms with Crippen molar-refractivity contribution < 1.29 is 9.90 Å². The van der Waals surface area contributed by atoms with Crippen LogP contribution in [0, 0.1) is 0 Å². The van der Waals surface area contributed by atoms with Gasteiger partial charge >= 0.3 is 5.97 Å². The number of hydrogen-bond acceptors (Lipinski definition) is 3. The lowest BCUT2D eigenvalue weighted by molar-refractivity contribution is 0.0697. The number of aromatic carboxylic acids is 1.